The molecular weight excluding hydrogens is 240 g/mol. The predicted octanol–water partition coefficient (Wildman–Crippen LogP) is 3.23. The maximum atomic E-state index is 9.12. The Bertz CT molecular complexity index is 415. The molecule has 0 aromatic heterocycles. The van der Waals surface area contributed by atoms with Gasteiger partial charge in [-0.05, 0) is 49.8 Å². The lowest BCUT2D eigenvalue weighted by atomic mass is 9.70. The molecule has 3 heteroatoms. The molecule has 96 valence electrons. The van der Waals surface area contributed by atoms with E-state index < -0.39 is 0 Å². The summed E-state index contributed by atoms with van der Waals surface area (Å²) in [6.07, 6.45) is 6.48. The molecule has 2 nitrogen and oxygen atoms in total. The zero-order valence-corrected chi connectivity index (χ0v) is 11.7. The van der Waals surface area contributed by atoms with Gasteiger partial charge in [0, 0.05) is 11.4 Å². The van der Waals surface area contributed by atoms with Crippen molar-refractivity contribution in [3.05, 3.63) is 29.8 Å². The average molecular weight is 260 g/mol. The fourth-order valence-electron chi connectivity index (χ4n) is 2.28. The van der Waals surface area contributed by atoms with Gasteiger partial charge in [0.05, 0.1) is 11.5 Å². The second-order valence-electron chi connectivity index (χ2n) is 5.02. The van der Waals surface area contributed by atoms with Gasteiger partial charge in [0.2, 0.25) is 0 Å². The van der Waals surface area contributed by atoms with E-state index in [1.165, 1.54) is 16.9 Å². The highest BCUT2D eigenvalue weighted by Gasteiger charge is 2.36. The molecule has 18 heavy (non-hydrogen) atoms. The van der Waals surface area contributed by atoms with E-state index in [-0.39, 0.29) is 5.41 Å². The Morgan fingerprint density at radius 3 is 2.56 bits per heavy atom. The molecule has 1 aromatic rings. The van der Waals surface area contributed by atoms with Gasteiger partial charge < -0.3 is 5.32 Å². The molecule has 0 amide bonds. The zero-order chi connectivity index (χ0) is 12.8. The molecule has 0 radical (unpaired) electrons. The largest absolute Gasteiger partial charge is 0.315 e. The van der Waals surface area contributed by atoms with Gasteiger partial charge in [-0.3, -0.25) is 0 Å². The second-order valence-corrected chi connectivity index (χ2v) is 5.90. The number of nitriles is 1. The first-order chi connectivity index (χ1) is 8.78. The number of nitrogens with one attached hydrogen (secondary N) is 1. The van der Waals surface area contributed by atoms with Crippen LogP contribution in [-0.4, -0.2) is 19.3 Å². The van der Waals surface area contributed by atoms with E-state index in [1.54, 1.807) is 11.8 Å². The highest BCUT2D eigenvalue weighted by Crippen LogP contribution is 2.39. The molecule has 1 N–H and O–H groups in total. The van der Waals surface area contributed by atoms with Crippen LogP contribution < -0.4 is 5.32 Å². The number of thioether (sulfide) groups is 1. The normalized spacial score (nSPS) is 16.9. The Kier molecular flexibility index (Phi) is 4.68. The number of hydrogen-bond donors (Lipinski definition) is 1. The van der Waals surface area contributed by atoms with Crippen LogP contribution in [0.25, 0.3) is 0 Å². The summed E-state index contributed by atoms with van der Waals surface area (Å²) in [6, 6.07) is 11.2. The van der Waals surface area contributed by atoms with E-state index in [4.69, 9.17) is 5.26 Å². The summed E-state index contributed by atoms with van der Waals surface area (Å²) in [7, 11) is 0. The summed E-state index contributed by atoms with van der Waals surface area (Å²) in [4.78, 5) is 1.31. The van der Waals surface area contributed by atoms with Gasteiger partial charge in [-0.15, -0.1) is 11.8 Å². The van der Waals surface area contributed by atoms with Crippen LogP contribution in [0.3, 0.4) is 0 Å². The highest BCUT2D eigenvalue weighted by molar-refractivity contribution is 7.98. The van der Waals surface area contributed by atoms with E-state index in [2.05, 4.69) is 41.9 Å². The van der Waals surface area contributed by atoms with Crippen molar-refractivity contribution in [3.8, 4) is 6.07 Å². The van der Waals surface area contributed by atoms with Crippen LogP contribution in [0.4, 0.5) is 0 Å². The van der Waals surface area contributed by atoms with Crippen molar-refractivity contribution >= 4 is 11.8 Å². The quantitative estimate of drug-likeness (QED) is 0.630. The van der Waals surface area contributed by atoms with Crippen LogP contribution in [0, 0.1) is 16.7 Å². The minimum absolute atomic E-state index is 0.0529. The van der Waals surface area contributed by atoms with Crippen molar-refractivity contribution in [2.75, 3.05) is 19.3 Å². The molecule has 0 atom stereocenters. The third-order valence-corrected chi connectivity index (χ3v) is 4.50. The Hall–Kier alpha value is -0.980. The van der Waals surface area contributed by atoms with Crippen molar-refractivity contribution in [2.24, 2.45) is 5.41 Å². The van der Waals surface area contributed by atoms with Gasteiger partial charge in [0.25, 0.3) is 0 Å². The Morgan fingerprint density at radius 2 is 2.06 bits per heavy atom. The predicted molar refractivity (Wildman–Crippen MR) is 76.7 cm³/mol. The average Bonchev–Trinajstić information content (AvgIpc) is 2.38. The van der Waals surface area contributed by atoms with Crippen LogP contribution in [0.5, 0.6) is 0 Å². The molecule has 2 rings (SSSR count). The standard InChI is InChI=1S/C15H20N2S/c1-18-14-5-3-13(4-6-14)7-10-17-12-15(11-16)8-2-9-15/h3-6,17H,2,7-10,12H2,1H3. The molecule has 1 aliphatic carbocycles. The zero-order valence-electron chi connectivity index (χ0n) is 10.9. The van der Waals surface area contributed by atoms with E-state index in [9.17, 15) is 0 Å². The first-order valence-corrected chi connectivity index (χ1v) is 7.75. The minimum Gasteiger partial charge on any atom is -0.315 e. The van der Waals surface area contributed by atoms with Crippen molar-refractivity contribution in [1.29, 1.82) is 5.26 Å². The molecule has 1 saturated carbocycles. The van der Waals surface area contributed by atoms with E-state index in [0.717, 1.165) is 32.4 Å². The Labute approximate surface area is 114 Å². The molecule has 1 aliphatic rings. The lowest BCUT2D eigenvalue weighted by Crippen LogP contribution is -2.39. The number of rotatable bonds is 6. The van der Waals surface area contributed by atoms with E-state index in [0.29, 0.717) is 0 Å². The molecule has 0 heterocycles. The summed E-state index contributed by atoms with van der Waals surface area (Å²) in [5, 5.41) is 12.5. The molecule has 0 spiro atoms. The maximum Gasteiger partial charge on any atom is 0.0703 e. The molecule has 0 saturated heterocycles. The molecular formula is C15H20N2S. The first kappa shape index (κ1) is 13.5. The summed E-state index contributed by atoms with van der Waals surface area (Å²) >= 11 is 1.77. The van der Waals surface area contributed by atoms with Crippen molar-refractivity contribution in [2.45, 2.75) is 30.6 Å². The number of nitrogens with zero attached hydrogens (tertiary/aromatic N) is 1. The summed E-state index contributed by atoms with van der Waals surface area (Å²) in [5.74, 6) is 0. The third kappa shape index (κ3) is 3.28. The van der Waals surface area contributed by atoms with Gasteiger partial charge in [-0.25, -0.2) is 0 Å². The van der Waals surface area contributed by atoms with Gasteiger partial charge in [-0.2, -0.15) is 5.26 Å². The fraction of sp³-hybridized carbons (Fsp3) is 0.533. The van der Waals surface area contributed by atoms with Crippen molar-refractivity contribution in [3.63, 3.8) is 0 Å². The number of benzene rings is 1. The lowest BCUT2D eigenvalue weighted by molar-refractivity contribution is 0.208. The van der Waals surface area contributed by atoms with Gasteiger partial charge in [0.1, 0.15) is 0 Å². The fourth-order valence-corrected chi connectivity index (χ4v) is 2.69. The second kappa shape index (κ2) is 6.26. The molecule has 0 aliphatic heterocycles. The van der Waals surface area contributed by atoms with Crippen LogP contribution in [0.2, 0.25) is 0 Å². The smallest absolute Gasteiger partial charge is 0.0703 e. The van der Waals surface area contributed by atoms with Crippen LogP contribution >= 0.6 is 11.8 Å². The molecule has 0 unspecified atom stereocenters. The van der Waals surface area contributed by atoms with E-state index in [1.807, 2.05) is 0 Å². The van der Waals surface area contributed by atoms with Gasteiger partial charge in [0.15, 0.2) is 0 Å². The van der Waals surface area contributed by atoms with Gasteiger partial charge in [-0.1, -0.05) is 18.6 Å². The summed E-state index contributed by atoms with van der Waals surface area (Å²) < 4.78 is 0. The first-order valence-electron chi connectivity index (χ1n) is 6.53. The third-order valence-electron chi connectivity index (χ3n) is 3.76. The number of hydrogen-bond acceptors (Lipinski definition) is 3. The monoisotopic (exact) mass is 260 g/mol. The molecule has 1 fully saturated rings. The summed E-state index contributed by atoms with van der Waals surface area (Å²) in [5.41, 5.74) is 1.31. The molecule has 1 aromatic carbocycles. The Morgan fingerprint density at radius 1 is 1.33 bits per heavy atom. The van der Waals surface area contributed by atoms with Crippen LogP contribution in [0.1, 0.15) is 24.8 Å². The van der Waals surface area contributed by atoms with Crippen molar-refractivity contribution < 1.29 is 0 Å². The highest BCUT2D eigenvalue weighted by atomic mass is 32.2. The van der Waals surface area contributed by atoms with Gasteiger partial charge >= 0.3 is 0 Å². The van der Waals surface area contributed by atoms with Crippen LogP contribution in [-0.2, 0) is 6.42 Å². The molecule has 0 bridgehead atoms. The maximum absolute atomic E-state index is 9.12. The summed E-state index contributed by atoms with van der Waals surface area (Å²) in [6.45, 7) is 1.81. The van der Waals surface area contributed by atoms with Crippen molar-refractivity contribution in [1.82, 2.24) is 5.32 Å². The minimum atomic E-state index is -0.0529. The lowest BCUT2D eigenvalue weighted by Gasteiger charge is -2.35. The Balaban J connectivity index is 1.70. The van der Waals surface area contributed by atoms with Crippen LogP contribution in [0.15, 0.2) is 29.2 Å². The van der Waals surface area contributed by atoms with E-state index >= 15 is 0 Å². The topological polar surface area (TPSA) is 35.8 Å². The SMILES string of the molecule is CSc1ccc(CCNCC2(C#N)CCC2)cc1.